The number of nitrogens with zero attached hydrogens (tertiary/aromatic N) is 3. The molecule has 110 valence electrons. The van der Waals surface area contributed by atoms with Gasteiger partial charge in [0.1, 0.15) is 0 Å². The molecule has 1 N–H and O–H groups in total. The van der Waals surface area contributed by atoms with Crippen LogP contribution in [0.1, 0.15) is 32.6 Å². The maximum absolute atomic E-state index is 5.86. The Balaban J connectivity index is 1.48. The normalized spacial score (nSPS) is 30.6. The number of piperidine rings is 1. The van der Waals surface area contributed by atoms with Crippen molar-refractivity contribution in [1.29, 1.82) is 0 Å². The van der Waals surface area contributed by atoms with Gasteiger partial charge in [0.05, 0.1) is 12.2 Å². The van der Waals surface area contributed by atoms with Gasteiger partial charge in [0.25, 0.3) is 0 Å². The lowest BCUT2D eigenvalue weighted by molar-refractivity contribution is 0.0540. The first kappa shape index (κ1) is 13.8. The second-order valence-corrected chi connectivity index (χ2v) is 5.89. The highest BCUT2D eigenvalue weighted by Crippen LogP contribution is 2.19. The van der Waals surface area contributed by atoms with Crippen LogP contribution in [0, 0.1) is 0 Å². The first-order valence-electron chi connectivity index (χ1n) is 7.72. The molecule has 0 radical (unpaired) electrons. The summed E-state index contributed by atoms with van der Waals surface area (Å²) in [5, 5.41) is 3.66. The van der Waals surface area contributed by atoms with E-state index in [9.17, 15) is 0 Å². The van der Waals surface area contributed by atoms with Gasteiger partial charge in [-0.25, -0.2) is 9.97 Å². The third kappa shape index (κ3) is 3.46. The summed E-state index contributed by atoms with van der Waals surface area (Å²) in [6.07, 6.45) is 9.26. The molecule has 2 aliphatic heterocycles. The minimum atomic E-state index is 0.397. The van der Waals surface area contributed by atoms with Gasteiger partial charge in [-0.15, -0.1) is 0 Å². The Morgan fingerprint density at radius 2 is 2.15 bits per heavy atom. The van der Waals surface area contributed by atoms with Gasteiger partial charge in [-0.3, -0.25) is 0 Å². The van der Waals surface area contributed by atoms with Crippen LogP contribution in [0.5, 0.6) is 0 Å². The third-order valence-electron chi connectivity index (χ3n) is 4.21. The van der Waals surface area contributed by atoms with E-state index >= 15 is 0 Å². The van der Waals surface area contributed by atoms with Gasteiger partial charge in [0, 0.05) is 38.1 Å². The van der Waals surface area contributed by atoms with E-state index in [4.69, 9.17) is 4.74 Å². The minimum Gasteiger partial charge on any atom is -0.374 e. The first-order valence-corrected chi connectivity index (χ1v) is 7.72. The van der Waals surface area contributed by atoms with Gasteiger partial charge in [-0.2, -0.15) is 0 Å². The molecule has 2 saturated heterocycles. The predicted octanol–water partition coefficient (Wildman–Crippen LogP) is 1.60. The molecule has 0 aliphatic carbocycles. The molecule has 5 nitrogen and oxygen atoms in total. The topological polar surface area (TPSA) is 50.3 Å². The summed E-state index contributed by atoms with van der Waals surface area (Å²) in [5.41, 5.74) is 0. The lowest BCUT2D eigenvalue weighted by atomic mass is 10.1. The second-order valence-electron chi connectivity index (χ2n) is 5.89. The fraction of sp³-hybridized carbons (Fsp3) is 0.733. The molecule has 1 aromatic rings. The summed E-state index contributed by atoms with van der Waals surface area (Å²) in [4.78, 5) is 11.0. The Kier molecular flexibility index (Phi) is 4.47. The molecule has 5 heteroatoms. The molecule has 3 heterocycles. The largest absolute Gasteiger partial charge is 0.374 e. The summed E-state index contributed by atoms with van der Waals surface area (Å²) >= 11 is 0. The van der Waals surface area contributed by atoms with Crippen molar-refractivity contribution in [3.05, 3.63) is 18.5 Å². The highest BCUT2D eigenvalue weighted by atomic mass is 16.5. The van der Waals surface area contributed by atoms with Gasteiger partial charge >= 0.3 is 0 Å². The smallest absolute Gasteiger partial charge is 0.225 e. The van der Waals surface area contributed by atoms with Crippen molar-refractivity contribution in [2.75, 3.05) is 24.5 Å². The third-order valence-corrected chi connectivity index (χ3v) is 4.21. The molecule has 0 spiro atoms. The van der Waals surface area contributed by atoms with Crippen molar-refractivity contribution in [2.45, 2.75) is 50.9 Å². The second kappa shape index (κ2) is 6.50. The molecule has 0 aromatic carbocycles. The maximum Gasteiger partial charge on any atom is 0.225 e. The Morgan fingerprint density at radius 3 is 2.90 bits per heavy atom. The van der Waals surface area contributed by atoms with Gasteiger partial charge in [0.2, 0.25) is 5.95 Å². The van der Waals surface area contributed by atoms with Crippen LogP contribution < -0.4 is 10.2 Å². The van der Waals surface area contributed by atoms with E-state index in [0.717, 1.165) is 25.6 Å². The van der Waals surface area contributed by atoms with Crippen molar-refractivity contribution in [3.63, 3.8) is 0 Å². The molecule has 3 atom stereocenters. The molecule has 3 unspecified atom stereocenters. The molecule has 2 aliphatic rings. The number of ether oxygens (including phenoxy) is 1. The van der Waals surface area contributed by atoms with Gasteiger partial charge in [-0.05, 0) is 38.7 Å². The van der Waals surface area contributed by atoms with Gasteiger partial charge in [-0.1, -0.05) is 0 Å². The van der Waals surface area contributed by atoms with E-state index in [2.05, 4.69) is 27.1 Å². The number of aromatic nitrogens is 2. The first-order chi connectivity index (χ1) is 9.81. The zero-order valence-electron chi connectivity index (χ0n) is 12.2. The number of rotatable bonds is 4. The summed E-state index contributed by atoms with van der Waals surface area (Å²) < 4.78 is 5.86. The van der Waals surface area contributed by atoms with Crippen LogP contribution in [-0.4, -0.2) is 47.9 Å². The average Bonchev–Trinajstić information content (AvgIpc) is 2.92. The molecule has 0 bridgehead atoms. The maximum atomic E-state index is 5.86. The summed E-state index contributed by atoms with van der Waals surface area (Å²) in [6, 6.07) is 2.38. The van der Waals surface area contributed by atoms with Crippen LogP contribution in [0.15, 0.2) is 18.5 Å². The van der Waals surface area contributed by atoms with E-state index in [0.29, 0.717) is 18.2 Å². The molecule has 0 saturated carbocycles. The van der Waals surface area contributed by atoms with E-state index < -0.39 is 0 Å². The van der Waals surface area contributed by atoms with Crippen LogP contribution >= 0.6 is 0 Å². The highest BCUT2D eigenvalue weighted by Gasteiger charge is 2.25. The Morgan fingerprint density at radius 1 is 1.30 bits per heavy atom. The monoisotopic (exact) mass is 276 g/mol. The van der Waals surface area contributed by atoms with Crippen molar-refractivity contribution < 1.29 is 4.74 Å². The van der Waals surface area contributed by atoms with Gasteiger partial charge < -0.3 is 15.0 Å². The Labute approximate surface area is 120 Å². The van der Waals surface area contributed by atoms with Crippen molar-refractivity contribution in [1.82, 2.24) is 15.3 Å². The predicted molar refractivity (Wildman–Crippen MR) is 78.8 cm³/mol. The zero-order chi connectivity index (χ0) is 13.8. The number of hydrogen-bond donors (Lipinski definition) is 1. The van der Waals surface area contributed by atoms with Crippen LogP contribution in [0.4, 0.5) is 5.95 Å². The zero-order valence-corrected chi connectivity index (χ0v) is 12.2. The minimum absolute atomic E-state index is 0.397. The van der Waals surface area contributed by atoms with E-state index in [-0.39, 0.29) is 0 Å². The van der Waals surface area contributed by atoms with Crippen LogP contribution in [0.3, 0.4) is 0 Å². The fourth-order valence-corrected chi connectivity index (χ4v) is 3.11. The summed E-state index contributed by atoms with van der Waals surface area (Å²) in [7, 11) is 0. The van der Waals surface area contributed by atoms with Crippen molar-refractivity contribution in [3.8, 4) is 0 Å². The van der Waals surface area contributed by atoms with Crippen LogP contribution in [0.25, 0.3) is 0 Å². The molecule has 20 heavy (non-hydrogen) atoms. The summed E-state index contributed by atoms with van der Waals surface area (Å²) in [6.45, 7) is 5.18. The molecular formula is C15H24N4O. The highest BCUT2D eigenvalue weighted by molar-refractivity contribution is 5.29. The quantitative estimate of drug-likeness (QED) is 0.905. The number of hydrogen-bond acceptors (Lipinski definition) is 5. The standard InChI is InChI=1S/C15H24N4O/c1-12-5-6-14(20-12)10-18-13-4-2-9-19(11-13)15-16-7-3-8-17-15/h3,7-8,12-14,18H,2,4-6,9-11H2,1H3. The van der Waals surface area contributed by atoms with Gasteiger partial charge in [0.15, 0.2) is 0 Å². The molecule has 2 fully saturated rings. The summed E-state index contributed by atoms with van der Waals surface area (Å²) in [5.74, 6) is 0.852. The van der Waals surface area contributed by atoms with Crippen LogP contribution in [-0.2, 0) is 4.74 Å². The van der Waals surface area contributed by atoms with E-state index in [1.165, 1.54) is 25.7 Å². The Hall–Kier alpha value is -1.20. The molecule has 1 aromatic heterocycles. The molecular weight excluding hydrogens is 252 g/mol. The Bertz CT molecular complexity index is 414. The lowest BCUT2D eigenvalue weighted by Gasteiger charge is -2.33. The SMILES string of the molecule is CC1CCC(CNC2CCCN(c3ncccn3)C2)O1. The average molecular weight is 276 g/mol. The lowest BCUT2D eigenvalue weighted by Crippen LogP contribution is -2.48. The van der Waals surface area contributed by atoms with Crippen molar-refractivity contribution in [2.24, 2.45) is 0 Å². The molecule has 0 amide bonds. The number of anilines is 1. The number of nitrogens with one attached hydrogen (secondary N) is 1. The molecule has 3 rings (SSSR count). The van der Waals surface area contributed by atoms with E-state index in [1.54, 1.807) is 0 Å². The van der Waals surface area contributed by atoms with Crippen molar-refractivity contribution >= 4 is 5.95 Å². The fourth-order valence-electron chi connectivity index (χ4n) is 3.11. The van der Waals surface area contributed by atoms with E-state index in [1.807, 2.05) is 18.5 Å². The van der Waals surface area contributed by atoms with Crippen LogP contribution in [0.2, 0.25) is 0 Å².